The van der Waals surface area contributed by atoms with Gasteiger partial charge in [0.05, 0.1) is 12.0 Å². The van der Waals surface area contributed by atoms with Crippen molar-refractivity contribution in [2.24, 2.45) is 0 Å². The summed E-state index contributed by atoms with van der Waals surface area (Å²) in [5.41, 5.74) is 1.97. The molecule has 0 aromatic heterocycles. The molecule has 2 aromatic rings. The van der Waals surface area contributed by atoms with Crippen LogP contribution in [0.5, 0.6) is 5.75 Å². The first-order valence-electron chi connectivity index (χ1n) is 7.30. The third-order valence-electron chi connectivity index (χ3n) is 3.62. The van der Waals surface area contributed by atoms with E-state index in [1.54, 1.807) is 0 Å². The number of hydrogen-bond acceptors (Lipinski definition) is 3. The highest BCUT2D eigenvalue weighted by molar-refractivity contribution is 7.89. The molecular formula is C17H20FNO3S. The van der Waals surface area contributed by atoms with E-state index in [4.69, 9.17) is 4.74 Å². The van der Waals surface area contributed by atoms with Crippen molar-refractivity contribution in [1.82, 2.24) is 4.72 Å². The Balaban J connectivity index is 2.28. The van der Waals surface area contributed by atoms with Crippen LogP contribution in [0.4, 0.5) is 4.39 Å². The summed E-state index contributed by atoms with van der Waals surface area (Å²) in [7, 11) is -2.49. The molecule has 0 heterocycles. The first kappa shape index (κ1) is 17.4. The average Bonchev–Trinajstić information content (AvgIpc) is 2.53. The average molecular weight is 337 g/mol. The summed E-state index contributed by atoms with van der Waals surface area (Å²) in [5, 5.41) is 0. The predicted molar refractivity (Wildman–Crippen MR) is 87.5 cm³/mol. The second-order valence-corrected chi connectivity index (χ2v) is 7.00. The van der Waals surface area contributed by atoms with Crippen LogP contribution in [0, 0.1) is 12.7 Å². The van der Waals surface area contributed by atoms with Crippen molar-refractivity contribution >= 4 is 10.0 Å². The summed E-state index contributed by atoms with van der Waals surface area (Å²) in [4.78, 5) is -0.124. The number of aryl methyl sites for hydroxylation is 1. The third-order valence-corrected chi connectivity index (χ3v) is 5.09. The van der Waals surface area contributed by atoms with E-state index in [0.717, 1.165) is 17.2 Å². The highest BCUT2D eigenvalue weighted by atomic mass is 32.2. The maximum Gasteiger partial charge on any atom is 0.241 e. The maximum absolute atomic E-state index is 13.8. The van der Waals surface area contributed by atoms with Crippen molar-refractivity contribution in [1.29, 1.82) is 0 Å². The molecular weight excluding hydrogens is 317 g/mol. The molecule has 4 nitrogen and oxygen atoms in total. The Morgan fingerprint density at radius 3 is 2.35 bits per heavy atom. The standard InChI is InChI=1S/C17H20FNO3S/c1-4-16(13-7-5-12(2)6-8-13)19-23(20,21)14-9-10-17(22-3)15(18)11-14/h5-11,16,19H,4H2,1-3H3/t16-/m0/s1. The SMILES string of the molecule is CC[C@H](NS(=O)(=O)c1ccc(OC)c(F)c1)c1ccc(C)cc1. The topological polar surface area (TPSA) is 55.4 Å². The van der Waals surface area contributed by atoms with Crippen molar-refractivity contribution in [3.63, 3.8) is 0 Å². The van der Waals surface area contributed by atoms with Gasteiger partial charge in [-0.05, 0) is 37.1 Å². The summed E-state index contributed by atoms with van der Waals surface area (Å²) in [6, 6.07) is 10.9. The highest BCUT2D eigenvalue weighted by Crippen LogP contribution is 2.24. The van der Waals surface area contributed by atoms with Crippen molar-refractivity contribution < 1.29 is 17.5 Å². The molecule has 0 amide bonds. The summed E-state index contributed by atoms with van der Waals surface area (Å²) in [6.07, 6.45) is 0.584. The lowest BCUT2D eigenvalue weighted by atomic mass is 10.0. The molecule has 1 atom stereocenters. The Morgan fingerprint density at radius 2 is 1.83 bits per heavy atom. The highest BCUT2D eigenvalue weighted by Gasteiger charge is 2.21. The molecule has 0 saturated carbocycles. The molecule has 0 spiro atoms. The minimum absolute atomic E-state index is 0.00882. The zero-order valence-corrected chi connectivity index (χ0v) is 14.2. The van der Waals surface area contributed by atoms with E-state index in [2.05, 4.69) is 4.72 Å². The van der Waals surface area contributed by atoms with E-state index < -0.39 is 15.8 Å². The van der Waals surface area contributed by atoms with Crippen molar-refractivity contribution in [3.05, 3.63) is 59.4 Å². The fraction of sp³-hybridized carbons (Fsp3) is 0.294. The van der Waals surface area contributed by atoms with E-state index >= 15 is 0 Å². The van der Waals surface area contributed by atoms with Gasteiger partial charge in [0.1, 0.15) is 0 Å². The zero-order valence-electron chi connectivity index (χ0n) is 13.3. The van der Waals surface area contributed by atoms with Crippen LogP contribution in [0.1, 0.15) is 30.5 Å². The molecule has 124 valence electrons. The number of sulfonamides is 1. The number of benzene rings is 2. The van der Waals surface area contributed by atoms with Gasteiger partial charge in [-0.1, -0.05) is 36.8 Å². The summed E-state index contributed by atoms with van der Waals surface area (Å²) >= 11 is 0. The van der Waals surface area contributed by atoms with E-state index in [1.807, 2.05) is 38.1 Å². The Bertz CT molecular complexity index is 773. The molecule has 0 aliphatic carbocycles. The van der Waals surface area contributed by atoms with Crippen LogP contribution >= 0.6 is 0 Å². The largest absolute Gasteiger partial charge is 0.494 e. The van der Waals surface area contributed by atoms with Gasteiger partial charge in [0.15, 0.2) is 11.6 Å². The fourth-order valence-electron chi connectivity index (χ4n) is 2.26. The van der Waals surface area contributed by atoms with Gasteiger partial charge in [0.25, 0.3) is 0 Å². The van der Waals surface area contributed by atoms with Crippen LogP contribution in [0.15, 0.2) is 47.4 Å². The van der Waals surface area contributed by atoms with Gasteiger partial charge >= 0.3 is 0 Å². The number of ether oxygens (including phenoxy) is 1. The van der Waals surface area contributed by atoms with Gasteiger partial charge in [-0.15, -0.1) is 0 Å². The molecule has 2 rings (SSSR count). The minimum Gasteiger partial charge on any atom is -0.494 e. The van der Waals surface area contributed by atoms with E-state index in [1.165, 1.54) is 19.2 Å². The van der Waals surface area contributed by atoms with Gasteiger partial charge in [0.2, 0.25) is 10.0 Å². The Kier molecular flexibility index (Phi) is 5.38. The van der Waals surface area contributed by atoms with Crippen LogP contribution < -0.4 is 9.46 Å². The van der Waals surface area contributed by atoms with Crippen LogP contribution in [-0.2, 0) is 10.0 Å². The number of halogens is 1. The monoisotopic (exact) mass is 337 g/mol. The molecule has 0 bridgehead atoms. The van der Waals surface area contributed by atoms with Crippen molar-refractivity contribution in [3.8, 4) is 5.75 Å². The number of hydrogen-bond donors (Lipinski definition) is 1. The number of rotatable bonds is 6. The minimum atomic E-state index is -3.82. The maximum atomic E-state index is 13.8. The Hall–Kier alpha value is -1.92. The van der Waals surface area contributed by atoms with Crippen LogP contribution in [-0.4, -0.2) is 15.5 Å². The van der Waals surface area contributed by atoms with Gasteiger partial charge in [0, 0.05) is 6.04 Å². The molecule has 6 heteroatoms. The summed E-state index contributed by atoms with van der Waals surface area (Å²) < 4.78 is 46.1. The lowest BCUT2D eigenvalue weighted by molar-refractivity contribution is 0.385. The molecule has 0 saturated heterocycles. The van der Waals surface area contributed by atoms with Crippen molar-refractivity contribution in [2.45, 2.75) is 31.2 Å². The fourth-order valence-corrected chi connectivity index (χ4v) is 3.57. The molecule has 23 heavy (non-hydrogen) atoms. The second-order valence-electron chi connectivity index (χ2n) is 5.29. The third kappa shape index (κ3) is 4.09. The lowest BCUT2D eigenvalue weighted by Crippen LogP contribution is -2.28. The molecule has 0 aliphatic rings. The summed E-state index contributed by atoms with van der Waals surface area (Å²) in [6.45, 7) is 3.86. The van der Waals surface area contributed by atoms with Gasteiger partial charge in [-0.2, -0.15) is 0 Å². The van der Waals surface area contributed by atoms with Crippen LogP contribution in [0.3, 0.4) is 0 Å². The van der Waals surface area contributed by atoms with E-state index in [0.29, 0.717) is 6.42 Å². The molecule has 0 radical (unpaired) electrons. The summed E-state index contributed by atoms with van der Waals surface area (Å²) in [5.74, 6) is -0.701. The Morgan fingerprint density at radius 1 is 1.17 bits per heavy atom. The molecule has 0 fully saturated rings. The van der Waals surface area contributed by atoms with E-state index in [-0.39, 0.29) is 16.7 Å². The van der Waals surface area contributed by atoms with Crippen LogP contribution in [0.2, 0.25) is 0 Å². The lowest BCUT2D eigenvalue weighted by Gasteiger charge is -2.18. The van der Waals surface area contributed by atoms with Gasteiger partial charge < -0.3 is 4.74 Å². The first-order chi connectivity index (χ1) is 10.9. The molecule has 2 aromatic carbocycles. The van der Waals surface area contributed by atoms with Crippen molar-refractivity contribution in [2.75, 3.05) is 7.11 Å². The quantitative estimate of drug-likeness (QED) is 0.877. The first-order valence-corrected chi connectivity index (χ1v) is 8.78. The van der Waals surface area contributed by atoms with Gasteiger partial charge in [-0.3, -0.25) is 0 Å². The number of methoxy groups -OCH3 is 1. The normalized spacial score (nSPS) is 12.9. The van der Waals surface area contributed by atoms with Crippen LogP contribution in [0.25, 0.3) is 0 Å². The number of nitrogens with one attached hydrogen (secondary N) is 1. The van der Waals surface area contributed by atoms with E-state index in [9.17, 15) is 12.8 Å². The molecule has 0 aliphatic heterocycles. The Labute approximate surface area is 136 Å². The molecule has 0 unspecified atom stereocenters. The smallest absolute Gasteiger partial charge is 0.241 e. The van der Waals surface area contributed by atoms with Gasteiger partial charge in [-0.25, -0.2) is 17.5 Å². The zero-order chi connectivity index (χ0) is 17.0. The predicted octanol–water partition coefficient (Wildman–Crippen LogP) is 3.57. The molecule has 1 N–H and O–H groups in total. The second kappa shape index (κ2) is 7.10.